The van der Waals surface area contributed by atoms with Crippen molar-refractivity contribution in [1.82, 2.24) is 15.6 Å². The largest absolute Gasteiger partial charge is 0.478 e. The maximum Gasteiger partial charge on any atom is 0.328 e. The summed E-state index contributed by atoms with van der Waals surface area (Å²) < 4.78 is 0. The smallest absolute Gasteiger partial charge is 0.328 e. The molecule has 2 unspecified atom stereocenters. The van der Waals surface area contributed by atoms with E-state index in [-0.39, 0.29) is 6.04 Å². The standard InChI is InChI=1S/C14H22N8S.C4H4O4/c1-17-12(16)22-14-21-11(7-23-14)9-4-3-5-10(6-9)20-13(18-2)19-8-15;5-3(6)1-2-4(7)8/h7,9-10H,3-6H2,1-2H3,(H2,18,19,20)(H3,16,17,21,22);1-2H,(H,5,6)(H,7,8)/b;2-1-. The fraction of sp³-hybridized carbons (Fsp3) is 0.444. The average Bonchev–Trinajstić information content (AvgIpc) is 3.21. The van der Waals surface area contributed by atoms with Crippen molar-refractivity contribution in [3.05, 3.63) is 23.2 Å². The molecule has 1 heterocycles. The maximum absolute atomic E-state index is 9.55. The number of hydrogen-bond acceptors (Lipinski definition) is 7. The third-order valence-corrected chi connectivity index (χ3v) is 4.97. The number of nitrogens with two attached hydrogens (primary N) is 1. The van der Waals surface area contributed by atoms with Crippen LogP contribution in [0.2, 0.25) is 0 Å². The first-order valence-corrected chi connectivity index (χ1v) is 10.2. The van der Waals surface area contributed by atoms with Crippen LogP contribution >= 0.6 is 11.3 Å². The van der Waals surface area contributed by atoms with Crippen molar-refractivity contribution < 1.29 is 19.8 Å². The number of aliphatic imine (C=N–C) groups is 2. The monoisotopic (exact) mass is 450 g/mol. The second kappa shape index (κ2) is 13.5. The summed E-state index contributed by atoms with van der Waals surface area (Å²) in [6.45, 7) is 0. The van der Waals surface area contributed by atoms with E-state index < -0.39 is 11.9 Å². The predicted molar refractivity (Wildman–Crippen MR) is 118 cm³/mol. The molecule has 1 saturated carbocycles. The quantitative estimate of drug-likeness (QED) is 0.162. The van der Waals surface area contributed by atoms with Crippen LogP contribution in [0.3, 0.4) is 0 Å². The topological polar surface area (TPSA) is 198 Å². The summed E-state index contributed by atoms with van der Waals surface area (Å²) in [7, 11) is 3.39. The van der Waals surface area contributed by atoms with Crippen molar-refractivity contribution in [2.75, 3.05) is 19.4 Å². The minimum atomic E-state index is -1.26. The number of guanidine groups is 2. The first-order chi connectivity index (χ1) is 14.8. The van der Waals surface area contributed by atoms with Gasteiger partial charge in [0.05, 0.1) is 5.69 Å². The third-order valence-electron chi connectivity index (χ3n) is 4.20. The van der Waals surface area contributed by atoms with Gasteiger partial charge in [0.15, 0.2) is 11.1 Å². The summed E-state index contributed by atoms with van der Waals surface area (Å²) in [5.74, 6) is -1.24. The summed E-state index contributed by atoms with van der Waals surface area (Å²) in [4.78, 5) is 31.3. The van der Waals surface area contributed by atoms with Crippen molar-refractivity contribution in [3.63, 3.8) is 0 Å². The number of nitriles is 1. The molecule has 1 aromatic heterocycles. The van der Waals surface area contributed by atoms with Crippen LogP contribution in [0.25, 0.3) is 0 Å². The van der Waals surface area contributed by atoms with Gasteiger partial charge in [0.1, 0.15) is 0 Å². The van der Waals surface area contributed by atoms with Crippen LogP contribution < -0.4 is 21.7 Å². The van der Waals surface area contributed by atoms with Gasteiger partial charge in [-0.25, -0.2) is 14.6 Å². The molecule has 1 aliphatic rings. The zero-order valence-corrected chi connectivity index (χ0v) is 18.0. The number of thiazole rings is 1. The molecule has 0 radical (unpaired) electrons. The number of rotatable bonds is 5. The first-order valence-electron chi connectivity index (χ1n) is 9.28. The number of nitrogens with zero attached hydrogens (tertiary/aromatic N) is 4. The number of carboxylic acids is 2. The molecule has 0 spiro atoms. The van der Waals surface area contributed by atoms with Gasteiger partial charge in [-0.2, -0.15) is 5.26 Å². The van der Waals surface area contributed by atoms with Gasteiger partial charge in [-0.3, -0.25) is 4.99 Å². The van der Waals surface area contributed by atoms with Gasteiger partial charge < -0.3 is 31.9 Å². The molecule has 0 saturated heterocycles. The van der Waals surface area contributed by atoms with Gasteiger partial charge in [-0.15, -0.1) is 16.3 Å². The lowest BCUT2D eigenvalue weighted by Gasteiger charge is -2.29. The van der Waals surface area contributed by atoms with Crippen LogP contribution in [-0.4, -0.2) is 59.2 Å². The van der Waals surface area contributed by atoms with Crippen molar-refractivity contribution in [1.29, 1.82) is 5.26 Å². The van der Waals surface area contributed by atoms with E-state index in [0.717, 1.165) is 36.5 Å². The highest BCUT2D eigenvalue weighted by molar-refractivity contribution is 7.13. The van der Waals surface area contributed by atoms with Crippen LogP contribution in [0.4, 0.5) is 5.13 Å². The zero-order valence-electron chi connectivity index (χ0n) is 17.2. The molecule has 0 amide bonds. The molecule has 0 aromatic carbocycles. The minimum absolute atomic E-state index is 0.286. The molecule has 1 aliphatic carbocycles. The van der Waals surface area contributed by atoms with Gasteiger partial charge in [0, 0.05) is 43.6 Å². The van der Waals surface area contributed by atoms with Crippen molar-refractivity contribution in [2.24, 2.45) is 15.7 Å². The first kappa shape index (κ1) is 25.4. The van der Waals surface area contributed by atoms with Gasteiger partial charge in [0.25, 0.3) is 0 Å². The fourth-order valence-corrected chi connectivity index (χ4v) is 3.63. The van der Waals surface area contributed by atoms with E-state index in [1.165, 1.54) is 11.3 Å². The van der Waals surface area contributed by atoms with Crippen molar-refractivity contribution in [3.8, 4) is 6.19 Å². The summed E-state index contributed by atoms with van der Waals surface area (Å²) in [6, 6.07) is 0.286. The van der Waals surface area contributed by atoms with E-state index in [0.29, 0.717) is 30.0 Å². The molecule has 31 heavy (non-hydrogen) atoms. The summed E-state index contributed by atoms with van der Waals surface area (Å²) >= 11 is 1.53. The molecule has 2 rings (SSSR count). The van der Waals surface area contributed by atoms with Crippen LogP contribution in [0.5, 0.6) is 0 Å². The van der Waals surface area contributed by atoms with E-state index in [2.05, 4.69) is 36.3 Å². The Kier molecular flexibility index (Phi) is 11.1. The van der Waals surface area contributed by atoms with Crippen LogP contribution in [0.15, 0.2) is 27.5 Å². The number of aromatic nitrogens is 1. The lowest BCUT2D eigenvalue weighted by atomic mass is 9.84. The molecule has 13 heteroatoms. The Bertz CT molecular complexity index is 858. The number of carboxylic acid groups (broad SMARTS) is 2. The molecule has 168 valence electrons. The molecule has 7 N–H and O–H groups in total. The number of carbonyl (C=O) groups is 2. The van der Waals surface area contributed by atoms with Crippen LogP contribution in [0, 0.1) is 11.5 Å². The number of hydrogen-bond donors (Lipinski definition) is 6. The second-order valence-electron chi connectivity index (χ2n) is 6.34. The van der Waals surface area contributed by atoms with Gasteiger partial charge in [-0.05, 0) is 19.3 Å². The molecule has 0 bridgehead atoms. The van der Waals surface area contributed by atoms with E-state index in [1.807, 2.05) is 0 Å². The van der Waals surface area contributed by atoms with E-state index in [9.17, 15) is 9.59 Å². The second-order valence-corrected chi connectivity index (χ2v) is 7.19. The summed E-state index contributed by atoms with van der Waals surface area (Å²) in [6.07, 6.45) is 7.17. The molecule has 0 aliphatic heterocycles. The Morgan fingerprint density at radius 1 is 1.35 bits per heavy atom. The lowest BCUT2D eigenvalue weighted by Crippen LogP contribution is -2.43. The highest BCUT2D eigenvalue weighted by Crippen LogP contribution is 2.34. The minimum Gasteiger partial charge on any atom is -0.478 e. The van der Waals surface area contributed by atoms with E-state index in [4.69, 9.17) is 21.2 Å². The molecule has 2 atom stereocenters. The zero-order chi connectivity index (χ0) is 23.2. The van der Waals surface area contributed by atoms with Gasteiger partial charge in [-0.1, -0.05) is 6.42 Å². The summed E-state index contributed by atoms with van der Waals surface area (Å²) in [5, 5.41) is 36.3. The average molecular weight is 451 g/mol. The fourth-order valence-electron chi connectivity index (χ4n) is 2.83. The molecule has 1 aromatic rings. The number of nitrogens with one attached hydrogen (secondary N) is 3. The Morgan fingerprint density at radius 2 is 2.03 bits per heavy atom. The van der Waals surface area contributed by atoms with E-state index >= 15 is 0 Å². The van der Waals surface area contributed by atoms with Gasteiger partial charge in [0.2, 0.25) is 12.2 Å². The maximum atomic E-state index is 9.55. The molecule has 1 fully saturated rings. The molecule has 12 nitrogen and oxygen atoms in total. The highest BCUT2D eigenvalue weighted by atomic mass is 32.1. The van der Waals surface area contributed by atoms with E-state index in [1.54, 1.807) is 20.3 Å². The number of anilines is 1. The lowest BCUT2D eigenvalue weighted by molar-refractivity contribution is -0.134. The van der Waals surface area contributed by atoms with Crippen LogP contribution in [0.1, 0.15) is 37.3 Å². The van der Waals surface area contributed by atoms with Crippen molar-refractivity contribution >= 4 is 40.3 Å². The Morgan fingerprint density at radius 3 is 2.58 bits per heavy atom. The van der Waals surface area contributed by atoms with Crippen molar-refractivity contribution in [2.45, 2.75) is 37.6 Å². The van der Waals surface area contributed by atoms with Gasteiger partial charge >= 0.3 is 11.9 Å². The normalized spacial score (nSPS) is 19.0. The molecular weight excluding hydrogens is 424 g/mol. The SMILES string of the molecule is C/N=C(/N)Nc1nc(C2CCCC(N/C(=N\C#N)NC)C2)cs1.O=C(O)/C=C\C(=O)O. The Labute approximate surface area is 183 Å². The van der Waals surface area contributed by atoms with Crippen LogP contribution in [-0.2, 0) is 9.59 Å². The Hall–Kier alpha value is -3.66. The third kappa shape index (κ3) is 10.1. The highest BCUT2D eigenvalue weighted by Gasteiger charge is 2.25. The molecular formula is C18H26N8O4S. The predicted octanol–water partition coefficient (Wildman–Crippen LogP) is 0.884. The Balaban J connectivity index is 0.000000512. The number of aliphatic carboxylic acids is 2. The summed E-state index contributed by atoms with van der Waals surface area (Å²) in [5.41, 5.74) is 6.74.